The van der Waals surface area contributed by atoms with Crippen LogP contribution < -0.4 is 14.4 Å². The van der Waals surface area contributed by atoms with E-state index in [-0.39, 0.29) is 12.6 Å². The SMILES string of the molecule is COc1ccc(N(C(=O)OCc2cccc(Oc3ccccc3)c2)C(C)C)cc1. The molecule has 0 heterocycles. The Hall–Kier alpha value is -3.47. The molecule has 3 rings (SSSR count). The zero-order chi connectivity index (χ0) is 20.6. The van der Waals surface area contributed by atoms with Crippen LogP contribution in [-0.2, 0) is 11.3 Å². The van der Waals surface area contributed by atoms with E-state index >= 15 is 0 Å². The maximum absolute atomic E-state index is 12.7. The fraction of sp³-hybridized carbons (Fsp3) is 0.208. The zero-order valence-corrected chi connectivity index (χ0v) is 16.9. The second kappa shape index (κ2) is 9.64. The molecule has 0 radical (unpaired) electrons. The molecular formula is C24H25NO4. The quantitative estimate of drug-likeness (QED) is 0.493. The number of methoxy groups -OCH3 is 1. The summed E-state index contributed by atoms with van der Waals surface area (Å²) < 4.78 is 16.6. The predicted octanol–water partition coefficient (Wildman–Crippen LogP) is 6.04. The average molecular weight is 391 g/mol. The van der Waals surface area contributed by atoms with Crippen LogP contribution in [0, 0.1) is 0 Å². The summed E-state index contributed by atoms with van der Waals surface area (Å²) in [6.45, 7) is 4.05. The largest absolute Gasteiger partial charge is 0.497 e. The van der Waals surface area contributed by atoms with Crippen molar-refractivity contribution in [1.29, 1.82) is 0 Å². The third-order valence-electron chi connectivity index (χ3n) is 4.30. The van der Waals surface area contributed by atoms with E-state index in [2.05, 4.69) is 0 Å². The molecule has 0 bridgehead atoms. The molecule has 3 aromatic rings. The monoisotopic (exact) mass is 391 g/mol. The van der Waals surface area contributed by atoms with Gasteiger partial charge in [-0.05, 0) is 67.9 Å². The zero-order valence-electron chi connectivity index (χ0n) is 16.9. The minimum Gasteiger partial charge on any atom is -0.497 e. The van der Waals surface area contributed by atoms with Crippen LogP contribution in [0.3, 0.4) is 0 Å². The van der Waals surface area contributed by atoms with Crippen molar-refractivity contribution in [3.05, 3.63) is 84.4 Å². The molecule has 0 saturated carbocycles. The summed E-state index contributed by atoms with van der Waals surface area (Å²) in [5.41, 5.74) is 1.61. The van der Waals surface area contributed by atoms with Gasteiger partial charge in [-0.2, -0.15) is 0 Å². The van der Waals surface area contributed by atoms with E-state index in [0.717, 1.165) is 22.7 Å². The summed E-state index contributed by atoms with van der Waals surface area (Å²) in [6.07, 6.45) is -0.403. The molecule has 5 nitrogen and oxygen atoms in total. The summed E-state index contributed by atoms with van der Waals surface area (Å²) in [4.78, 5) is 14.3. The first kappa shape index (κ1) is 20.3. The van der Waals surface area contributed by atoms with E-state index in [9.17, 15) is 4.79 Å². The molecule has 0 N–H and O–H groups in total. The molecule has 0 aliphatic heterocycles. The molecule has 0 fully saturated rings. The minimum atomic E-state index is -0.403. The molecule has 0 unspecified atom stereocenters. The second-order valence-corrected chi connectivity index (χ2v) is 6.78. The maximum atomic E-state index is 12.7. The molecular weight excluding hydrogens is 366 g/mol. The van der Waals surface area contributed by atoms with Crippen molar-refractivity contribution < 1.29 is 19.0 Å². The van der Waals surface area contributed by atoms with Crippen molar-refractivity contribution in [2.75, 3.05) is 12.0 Å². The van der Waals surface area contributed by atoms with Crippen LogP contribution in [0.4, 0.5) is 10.5 Å². The second-order valence-electron chi connectivity index (χ2n) is 6.78. The first-order chi connectivity index (χ1) is 14.1. The summed E-state index contributed by atoms with van der Waals surface area (Å²) in [5, 5.41) is 0. The Kier molecular flexibility index (Phi) is 6.74. The number of ether oxygens (including phenoxy) is 3. The fourth-order valence-electron chi connectivity index (χ4n) is 2.90. The average Bonchev–Trinajstić information content (AvgIpc) is 2.74. The highest BCUT2D eigenvalue weighted by Gasteiger charge is 2.20. The molecule has 0 aromatic heterocycles. The third kappa shape index (κ3) is 5.51. The number of rotatable bonds is 7. The van der Waals surface area contributed by atoms with Gasteiger partial charge in [-0.1, -0.05) is 30.3 Å². The number of hydrogen-bond donors (Lipinski definition) is 0. The Morgan fingerprint density at radius 2 is 1.55 bits per heavy atom. The highest BCUT2D eigenvalue weighted by atomic mass is 16.6. The van der Waals surface area contributed by atoms with Gasteiger partial charge in [0, 0.05) is 11.7 Å². The van der Waals surface area contributed by atoms with Gasteiger partial charge in [0.05, 0.1) is 7.11 Å². The van der Waals surface area contributed by atoms with Crippen LogP contribution in [0.25, 0.3) is 0 Å². The van der Waals surface area contributed by atoms with Crippen LogP contribution in [0.1, 0.15) is 19.4 Å². The lowest BCUT2D eigenvalue weighted by Gasteiger charge is -2.26. The Bertz CT molecular complexity index is 923. The lowest BCUT2D eigenvalue weighted by atomic mass is 10.2. The molecule has 0 spiro atoms. The molecule has 0 aliphatic carbocycles. The Morgan fingerprint density at radius 3 is 2.21 bits per heavy atom. The third-order valence-corrected chi connectivity index (χ3v) is 4.30. The van der Waals surface area contributed by atoms with Gasteiger partial charge in [0.2, 0.25) is 0 Å². The van der Waals surface area contributed by atoms with Crippen LogP contribution >= 0.6 is 0 Å². The molecule has 1 amide bonds. The predicted molar refractivity (Wildman–Crippen MR) is 114 cm³/mol. The fourth-order valence-corrected chi connectivity index (χ4v) is 2.90. The molecule has 0 aliphatic rings. The summed E-state index contributed by atoms with van der Waals surface area (Å²) >= 11 is 0. The van der Waals surface area contributed by atoms with Gasteiger partial charge >= 0.3 is 6.09 Å². The van der Waals surface area contributed by atoms with Crippen LogP contribution in [-0.4, -0.2) is 19.2 Å². The highest BCUT2D eigenvalue weighted by Crippen LogP contribution is 2.24. The lowest BCUT2D eigenvalue weighted by Crippen LogP contribution is -2.37. The van der Waals surface area contributed by atoms with Crippen molar-refractivity contribution in [2.24, 2.45) is 0 Å². The first-order valence-electron chi connectivity index (χ1n) is 9.48. The molecule has 5 heteroatoms. The van der Waals surface area contributed by atoms with E-state index in [1.54, 1.807) is 12.0 Å². The van der Waals surface area contributed by atoms with Gasteiger partial charge in [-0.3, -0.25) is 4.90 Å². The van der Waals surface area contributed by atoms with Crippen LogP contribution in [0.2, 0.25) is 0 Å². The normalized spacial score (nSPS) is 10.5. The topological polar surface area (TPSA) is 48.0 Å². The molecule has 0 atom stereocenters. The van der Waals surface area contributed by atoms with Gasteiger partial charge in [0.1, 0.15) is 23.9 Å². The Labute approximate surface area is 171 Å². The van der Waals surface area contributed by atoms with Gasteiger partial charge < -0.3 is 14.2 Å². The van der Waals surface area contributed by atoms with Gasteiger partial charge in [0.15, 0.2) is 0 Å². The summed E-state index contributed by atoms with van der Waals surface area (Å²) in [5.74, 6) is 2.19. The Balaban J connectivity index is 1.65. The number of amides is 1. The van der Waals surface area contributed by atoms with Crippen LogP contribution in [0.5, 0.6) is 17.2 Å². The van der Waals surface area contributed by atoms with Gasteiger partial charge in [-0.25, -0.2) is 4.79 Å². The van der Waals surface area contributed by atoms with Crippen molar-refractivity contribution >= 4 is 11.8 Å². The number of para-hydroxylation sites is 1. The van der Waals surface area contributed by atoms with E-state index < -0.39 is 6.09 Å². The van der Waals surface area contributed by atoms with Crippen molar-refractivity contribution in [3.63, 3.8) is 0 Å². The standard InChI is InChI=1S/C24H25NO4/c1-18(2)25(20-12-14-21(27-3)15-13-20)24(26)28-17-19-8-7-11-23(16-19)29-22-9-5-4-6-10-22/h4-16,18H,17H2,1-3H3. The van der Waals surface area contributed by atoms with E-state index in [4.69, 9.17) is 14.2 Å². The number of nitrogens with zero attached hydrogens (tertiary/aromatic N) is 1. The first-order valence-corrected chi connectivity index (χ1v) is 9.48. The van der Waals surface area contributed by atoms with E-state index in [1.807, 2.05) is 92.7 Å². The van der Waals surface area contributed by atoms with Crippen molar-refractivity contribution in [3.8, 4) is 17.2 Å². The summed E-state index contributed by atoms with van der Waals surface area (Å²) in [6, 6.07) is 24.3. The number of benzene rings is 3. The highest BCUT2D eigenvalue weighted by molar-refractivity contribution is 5.88. The smallest absolute Gasteiger partial charge is 0.414 e. The van der Waals surface area contributed by atoms with Gasteiger partial charge in [0.25, 0.3) is 0 Å². The van der Waals surface area contributed by atoms with Crippen LogP contribution in [0.15, 0.2) is 78.9 Å². The van der Waals surface area contributed by atoms with Gasteiger partial charge in [-0.15, -0.1) is 0 Å². The molecule has 150 valence electrons. The number of hydrogen-bond acceptors (Lipinski definition) is 4. The summed E-state index contributed by atoms with van der Waals surface area (Å²) in [7, 11) is 1.61. The minimum absolute atomic E-state index is 0.0522. The number of carbonyl (C=O) groups excluding carboxylic acids is 1. The van der Waals surface area contributed by atoms with Crippen molar-refractivity contribution in [1.82, 2.24) is 0 Å². The lowest BCUT2D eigenvalue weighted by molar-refractivity contribution is 0.145. The number of anilines is 1. The Morgan fingerprint density at radius 1 is 0.862 bits per heavy atom. The maximum Gasteiger partial charge on any atom is 0.414 e. The number of carbonyl (C=O) groups is 1. The molecule has 29 heavy (non-hydrogen) atoms. The molecule has 3 aromatic carbocycles. The van der Waals surface area contributed by atoms with Crippen molar-refractivity contribution in [2.45, 2.75) is 26.5 Å². The van der Waals surface area contributed by atoms with E-state index in [1.165, 1.54) is 0 Å². The van der Waals surface area contributed by atoms with E-state index in [0.29, 0.717) is 5.75 Å². The molecule has 0 saturated heterocycles.